The number of carbonyl (C=O) groups excluding carboxylic acids is 1. The Balaban J connectivity index is 2.43. The smallest absolute Gasteiger partial charge is 0.307 e. The molecule has 0 fully saturated rings. The molecule has 0 radical (unpaired) electrons. The molecule has 94 valence electrons. The number of esters is 1. The summed E-state index contributed by atoms with van der Waals surface area (Å²) in [6, 6.07) is 4.98. The first-order chi connectivity index (χ1) is 8.61. The van der Waals surface area contributed by atoms with Gasteiger partial charge in [0, 0.05) is 5.02 Å². The number of aryl methyl sites for hydroxylation is 1. The van der Waals surface area contributed by atoms with Crippen molar-refractivity contribution >= 4 is 28.5 Å². The monoisotopic (exact) mass is 266 g/mol. The molecule has 18 heavy (non-hydrogen) atoms. The summed E-state index contributed by atoms with van der Waals surface area (Å²) < 4.78 is 6.15. The average molecular weight is 267 g/mol. The van der Waals surface area contributed by atoms with Crippen LogP contribution in [0.1, 0.15) is 6.42 Å². The van der Waals surface area contributed by atoms with Gasteiger partial charge in [-0.15, -0.1) is 0 Å². The van der Waals surface area contributed by atoms with Crippen LogP contribution in [0, 0.1) is 0 Å². The van der Waals surface area contributed by atoms with Crippen LogP contribution in [0.3, 0.4) is 0 Å². The van der Waals surface area contributed by atoms with Gasteiger partial charge in [-0.2, -0.15) is 5.10 Å². The Morgan fingerprint density at radius 2 is 2.28 bits per heavy atom. The van der Waals surface area contributed by atoms with E-state index in [0.717, 1.165) is 0 Å². The third-order valence-corrected chi connectivity index (χ3v) is 2.81. The second kappa shape index (κ2) is 5.18. The summed E-state index contributed by atoms with van der Waals surface area (Å²) in [5.74, 6) is -0.322. The molecule has 5 nitrogen and oxygen atoms in total. The van der Waals surface area contributed by atoms with Crippen molar-refractivity contribution in [3.05, 3.63) is 39.6 Å². The van der Waals surface area contributed by atoms with E-state index in [1.54, 1.807) is 22.9 Å². The second-order valence-corrected chi connectivity index (χ2v) is 4.16. The number of fused-ring (bicyclic) bond motifs is 1. The molecule has 0 aliphatic heterocycles. The molecule has 0 aliphatic rings. The lowest BCUT2D eigenvalue weighted by Crippen LogP contribution is -2.14. The van der Waals surface area contributed by atoms with Crippen molar-refractivity contribution in [1.82, 2.24) is 9.78 Å². The van der Waals surface area contributed by atoms with Gasteiger partial charge in [0.15, 0.2) is 0 Å². The number of halogens is 1. The average Bonchev–Trinajstić information content (AvgIpc) is 2.38. The third-order valence-electron chi connectivity index (χ3n) is 2.57. The van der Waals surface area contributed by atoms with Gasteiger partial charge in [0.05, 0.1) is 37.2 Å². The normalized spacial score (nSPS) is 10.6. The third kappa shape index (κ3) is 2.51. The summed E-state index contributed by atoms with van der Waals surface area (Å²) in [4.78, 5) is 22.7. The zero-order valence-electron chi connectivity index (χ0n) is 9.72. The Hall–Kier alpha value is -1.88. The van der Waals surface area contributed by atoms with E-state index >= 15 is 0 Å². The maximum Gasteiger partial charge on any atom is 0.307 e. The van der Waals surface area contributed by atoms with Crippen LogP contribution in [0.15, 0.2) is 29.2 Å². The van der Waals surface area contributed by atoms with Gasteiger partial charge in [-0.05, 0) is 18.2 Å². The second-order valence-electron chi connectivity index (χ2n) is 3.72. The SMILES string of the molecule is COC(=O)CCn1ncc(=O)c2cc(Cl)ccc21. The lowest BCUT2D eigenvalue weighted by molar-refractivity contribution is -0.140. The van der Waals surface area contributed by atoms with Crippen molar-refractivity contribution < 1.29 is 9.53 Å². The Morgan fingerprint density at radius 3 is 3.00 bits per heavy atom. The predicted octanol–water partition coefficient (Wildman–Crippen LogP) is 1.61. The number of benzene rings is 1. The molecule has 1 aromatic carbocycles. The van der Waals surface area contributed by atoms with Gasteiger partial charge in [-0.25, -0.2) is 0 Å². The minimum Gasteiger partial charge on any atom is -0.469 e. The number of nitrogens with zero attached hydrogens (tertiary/aromatic N) is 2. The molecule has 6 heteroatoms. The zero-order valence-corrected chi connectivity index (χ0v) is 10.5. The van der Waals surface area contributed by atoms with Crippen LogP contribution in [0.2, 0.25) is 5.02 Å². The number of ether oxygens (including phenoxy) is 1. The molecule has 1 aromatic heterocycles. The molecular formula is C12H11ClN2O3. The summed E-state index contributed by atoms with van der Waals surface area (Å²) >= 11 is 5.85. The Morgan fingerprint density at radius 1 is 1.50 bits per heavy atom. The first kappa shape index (κ1) is 12.6. The van der Waals surface area contributed by atoms with Crippen LogP contribution < -0.4 is 5.43 Å². The van der Waals surface area contributed by atoms with E-state index < -0.39 is 0 Å². The van der Waals surface area contributed by atoms with Crippen LogP contribution in [0.4, 0.5) is 0 Å². The van der Waals surface area contributed by atoms with E-state index in [9.17, 15) is 9.59 Å². The first-order valence-electron chi connectivity index (χ1n) is 5.34. The molecular weight excluding hydrogens is 256 g/mol. The molecule has 0 unspecified atom stereocenters. The molecule has 0 bridgehead atoms. The molecule has 0 aliphatic carbocycles. The highest BCUT2D eigenvalue weighted by Crippen LogP contribution is 2.15. The number of hydrogen-bond donors (Lipinski definition) is 0. The number of carbonyl (C=O) groups is 1. The lowest BCUT2D eigenvalue weighted by Gasteiger charge is -2.08. The summed E-state index contributed by atoms with van der Waals surface area (Å²) in [6.07, 6.45) is 1.42. The lowest BCUT2D eigenvalue weighted by atomic mass is 10.2. The number of hydrogen-bond acceptors (Lipinski definition) is 4. The summed E-state index contributed by atoms with van der Waals surface area (Å²) in [6.45, 7) is 0.352. The minimum absolute atomic E-state index is 0.193. The molecule has 0 amide bonds. The van der Waals surface area contributed by atoms with Gasteiger partial charge in [0.25, 0.3) is 0 Å². The van der Waals surface area contributed by atoms with E-state index in [1.807, 2.05) is 0 Å². The molecule has 2 aromatic rings. The fourth-order valence-electron chi connectivity index (χ4n) is 1.66. The van der Waals surface area contributed by atoms with Gasteiger partial charge in [-0.1, -0.05) is 11.6 Å². The van der Waals surface area contributed by atoms with Crippen molar-refractivity contribution in [3.8, 4) is 0 Å². The fraction of sp³-hybridized carbons (Fsp3) is 0.250. The standard InChI is InChI=1S/C12H11ClN2O3/c1-18-12(17)4-5-15-10-3-2-8(13)6-9(10)11(16)7-14-15/h2-3,6-7H,4-5H2,1H3. The maximum absolute atomic E-state index is 11.7. The highest BCUT2D eigenvalue weighted by molar-refractivity contribution is 6.31. The summed E-state index contributed by atoms with van der Waals surface area (Å²) in [5, 5.41) is 4.97. The first-order valence-corrected chi connectivity index (χ1v) is 5.72. The van der Waals surface area contributed by atoms with Gasteiger partial charge in [-0.3, -0.25) is 14.3 Å². The van der Waals surface area contributed by atoms with Gasteiger partial charge < -0.3 is 4.74 Å². The molecule has 0 saturated heterocycles. The molecule has 2 rings (SSSR count). The topological polar surface area (TPSA) is 61.2 Å². The van der Waals surface area contributed by atoms with Crippen LogP contribution in [-0.4, -0.2) is 22.9 Å². The van der Waals surface area contributed by atoms with Crippen LogP contribution >= 0.6 is 11.6 Å². The van der Waals surface area contributed by atoms with Crippen molar-refractivity contribution in [1.29, 1.82) is 0 Å². The minimum atomic E-state index is -0.322. The number of methoxy groups -OCH3 is 1. The Labute approximate surface area is 108 Å². The van der Waals surface area contributed by atoms with E-state index in [4.69, 9.17) is 11.6 Å². The van der Waals surface area contributed by atoms with E-state index in [0.29, 0.717) is 22.5 Å². The largest absolute Gasteiger partial charge is 0.469 e. The Kier molecular flexibility index (Phi) is 3.62. The van der Waals surface area contributed by atoms with Crippen LogP contribution in [0.5, 0.6) is 0 Å². The molecule has 0 saturated carbocycles. The van der Waals surface area contributed by atoms with Crippen LogP contribution in [0.25, 0.3) is 10.9 Å². The van der Waals surface area contributed by atoms with Crippen molar-refractivity contribution in [2.24, 2.45) is 0 Å². The molecule has 0 spiro atoms. The number of rotatable bonds is 3. The quantitative estimate of drug-likeness (QED) is 0.792. The summed E-state index contributed by atoms with van der Waals surface area (Å²) in [5.41, 5.74) is 0.456. The van der Waals surface area contributed by atoms with E-state index in [1.165, 1.54) is 13.3 Å². The van der Waals surface area contributed by atoms with Gasteiger partial charge in [0.2, 0.25) is 5.43 Å². The zero-order chi connectivity index (χ0) is 13.1. The molecule has 0 atom stereocenters. The highest BCUT2D eigenvalue weighted by Gasteiger charge is 2.07. The molecule has 1 heterocycles. The number of aromatic nitrogens is 2. The van der Waals surface area contributed by atoms with Crippen molar-refractivity contribution in [2.45, 2.75) is 13.0 Å². The van der Waals surface area contributed by atoms with Gasteiger partial charge >= 0.3 is 5.97 Å². The Bertz CT molecular complexity index is 651. The summed E-state index contributed by atoms with van der Waals surface area (Å²) in [7, 11) is 1.33. The molecule has 0 N–H and O–H groups in total. The fourth-order valence-corrected chi connectivity index (χ4v) is 1.83. The maximum atomic E-state index is 11.7. The van der Waals surface area contributed by atoms with Crippen LogP contribution in [-0.2, 0) is 16.1 Å². The van der Waals surface area contributed by atoms with E-state index in [-0.39, 0.29) is 17.8 Å². The van der Waals surface area contributed by atoms with Crippen molar-refractivity contribution in [2.75, 3.05) is 7.11 Å². The van der Waals surface area contributed by atoms with Gasteiger partial charge in [0.1, 0.15) is 0 Å². The highest BCUT2D eigenvalue weighted by atomic mass is 35.5. The predicted molar refractivity (Wildman–Crippen MR) is 67.6 cm³/mol. The van der Waals surface area contributed by atoms with Crippen molar-refractivity contribution in [3.63, 3.8) is 0 Å². The van der Waals surface area contributed by atoms with E-state index in [2.05, 4.69) is 9.84 Å².